The first-order valence-corrected chi connectivity index (χ1v) is 5.76. The van der Waals surface area contributed by atoms with Crippen molar-refractivity contribution < 1.29 is 10.2 Å². The summed E-state index contributed by atoms with van der Waals surface area (Å²) >= 11 is 0. The monoisotopic (exact) mass is 199 g/mol. The Balaban J connectivity index is 1.80. The van der Waals surface area contributed by atoms with Crippen LogP contribution in [0.4, 0.5) is 0 Å². The maximum absolute atomic E-state index is 10.1. The third kappa shape index (κ3) is 1.95. The molecule has 0 heterocycles. The molecular formula is C11H21NO2. The Bertz CT molecular complexity index is 188. The number of β-amino-alcohol motifs (C(OH)–C–C–N with tert-alkyl or cyclic N) is 1. The number of rotatable bonds is 4. The fourth-order valence-corrected chi connectivity index (χ4v) is 2.56. The first-order valence-electron chi connectivity index (χ1n) is 5.76. The van der Waals surface area contributed by atoms with Gasteiger partial charge in [0.1, 0.15) is 0 Å². The molecule has 2 fully saturated rings. The molecule has 0 unspecified atom stereocenters. The van der Waals surface area contributed by atoms with Crippen LogP contribution < -0.4 is 5.32 Å². The van der Waals surface area contributed by atoms with Gasteiger partial charge in [0.2, 0.25) is 0 Å². The molecule has 2 aliphatic carbocycles. The van der Waals surface area contributed by atoms with Crippen LogP contribution in [0.2, 0.25) is 0 Å². The Labute approximate surface area is 85.5 Å². The van der Waals surface area contributed by atoms with Gasteiger partial charge in [-0.3, -0.25) is 0 Å². The molecule has 2 saturated carbocycles. The predicted molar refractivity (Wildman–Crippen MR) is 55.1 cm³/mol. The van der Waals surface area contributed by atoms with Gasteiger partial charge in [-0.2, -0.15) is 0 Å². The van der Waals surface area contributed by atoms with E-state index in [1.807, 2.05) is 0 Å². The topological polar surface area (TPSA) is 52.5 Å². The lowest BCUT2D eigenvalue weighted by molar-refractivity contribution is 0.0153. The zero-order valence-electron chi connectivity index (χ0n) is 8.76. The minimum absolute atomic E-state index is 0.0572. The van der Waals surface area contributed by atoms with Gasteiger partial charge in [0.15, 0.2) is 0 Å². The summed E-state index contributed by atoms with van der Waals surface area (Å²) in [4.78, 5) is 0. The van der Waals surface area contributed by atoms with E-state index in [-0.39, 0.29) is 12.1 Å². The second-order valence-corrected chi connectivity index (χ2v) is 5.08. The zero-order chi connectivity index (χ0) is 10.1. The molecule has 0 radical (unpaired) electrons. The fraction of sp³-hybridized carbons (Fsp3) is 1.00. The molecule has 3 heteroatoms. The summed E-state index contributed by atoms with van der Waals surface area (Å²) in [6, 6.07) is 0. The molecule has 0 spiro atoms. The van der Waals surface area contributed by atoms with Crippen molar-refractivity contribution in [3.63, 3.8) is 0 Å². The van der Waals surface area contributed by atoms with Crippen molar-refractivity contribution in [1.82, 2.24) is 5.32 Å². The largest absolute Gasteiger partial charge is 0.394 e. The number of aliphatic hydroxyl groups is 2. The highest BCUT2D eigenvalue weighted by molar-refractivity contribution is 4.98. The highest BCUT2D eigenvalue weighted by Gasteiger charge is 2.39. The molecule has 2 rings (SSSR count). The van der Waals surface area contributed by atoms with Crippen LogP contribution in [0.3, 0.4) is 0 Å². The summed E-state index contributed by atoms with van der Waals surface area (Å²) in [7, 11) is 0. The Kier molecular flexibility index (Phi) is 2.82. The van der Waals surface area contributed by atoms with Gasteiger partial charge in [0.05, 0.1) is 12.2 Å². The molecule has 0 saturated heterocycles. The van der Waals surface area contributed by atoms with Gasteiger partial charge in [0, 0.05) is 12.1 Å². The standard InChI is InChI=1S/C11H21NO2/c13-9-10(4-3-5-10)12-8-11(14)6-1-2-7-11/h12-14H,1-9H2. The Morgan fingerprint density at radius 1 is 1.00 bits per heavy atom. The van der Waals surface area contributed by atoms with E-state index in [1.54, 1.807) is 0 Å². The molecule has 0 atom stereocenters. The molecule has 0 aromatic heterocycles. The summed E-state index contributed by atoms with van der Waals surface area (Å²) in [5.74, 6) is 0. The van der Waals surface area contributed by atoms with Gasteiger partial charge in [-0.05, 0) is 32.1 Å². The van der Waals surface area contributed by atoms with Crippen LogP contribution >= 0.6 is 0 Å². The lowest BCUT2D eigenvalue weighted by atomic mass is 9.77. The van der Waals surface area contributed by atoms with E-state index in [4.69, 9.17) is 0 Å². The van der Waals surface area contributed by atoms with Crippen LogP contribution in [0.15, 0.2) is 0 Å². The highest BCUT2D eigenvalue weighted by atomic mass is 16.3. The maximum Gasteiger partial charge on any atom is 0.0771 e. The van der Waals surface area contributed by atoms with Gasteiger partial charge >= 0.3 is 0 Å². The molecule has 0 aromatic rings. The Morgan fingerprint density at radius 3 is 2.07 bits per heavy atom. The molecule has 14 heavy (non-hydrogen) atoms. The third-order valence-electron chi connectivity index (χ3n) is 3.94. The molecule has 82 valence electrons. The minimum atomic E-state index is -0.488. The Morgan fingerprint density at radius 2 is 1.64 bits per heavy atom. The molecular weight excluding hydrogens is 178 g/mol. The summed E-state index contributed by atoms with van der Waals surface area (Å²) in [5, 5.41) is 22.7. The van der Waals surface area contributed by atoms with Crippen LogP contribution in [0.5, 0.6) is 0 Å². The summed E-state index contributed by atoms with van der Waals surface area (Å²) in [6.45, 7) is 0.872. The smallest absolute Gasteiger partial charge is 0.0771 e. The van der Waals surface area contributed by atoms with Gasteiger partial charge in [-0.15, -0.1) is 0 Å². The highest BCUT2D eigenvalue weighted by Crippen LogP contribution is 2.34. The molecule has 0 bridgehead atoms. The molecule has 2 aliphatic rings. The molecule has 0 amide bonds. The van der Waals surface area contributed by atoms with Crippen LogP contribution in [0, 0.1) is 0 Å². The van der Waals surface area contributed by atoms with Crippen LogP contribution in [-0.2, 0) is 0 Å². The summed E-state index contributed by atoms with van der Waals surface area (Å²) in [5.41, 5.74) is -0.546. The molecule has 0 aromatic carbocycles. The zero-order valence-corrected chi connectivity index (χ0v) is 8.76. The van der Waals surface area contributed by atoms with Gasteiger partial charge in [-0.1, -0.05) is 12.8 Å². The third-order valence-corrected chi connectivity index (χ3v) is 3.94. The first-order chi connectivity index (χ1) is 6.68. The number of aliphatic hydroxyl groups excluding tert-OH is 1. The van der Waals surface area contributed by atoms with Crippen molar-refractivity contribution in [1.29, 1.82) is 0 Å². The average molecular weight is 199 g/mol. The van der Waals surface area contributed by atoms with E-state index >= 15 is 0 Å². The molecule has 0 aliphatic heterocycles. The maximum atomic E-state index is 10.1. The quantitative estimate of drug-likeness (QED) is 0.627. The van der Waals surface area contributed by atoms with Crippen molar-refractivity contribution >= 4 is 0 Å². The van der Waals surface area contributed by atoms with E-state index in [1.165, 1.54) is 6.42 Å². The van der Waals surface area contributed by atoms with Crippen molar-refractivity contribution in [2.24, 2.45) is 0 Å². The van der Waals surface area contributed by atoms with Crippen molar-refractivity contribution in [3.8, 4) is 0 Å². The second-order valence-electron chi connectivity index (χ2n) is 5.08. The SMILES string of the molecule is OCC1(NCC2(O)CCCC2)CCC1. The van der Waals surface area contributed by atoms with Gasteiger partial charge in [-0.25, -0.2) is 0 Å². The molecule has 3 nitrogen and oxygen atoms in total. The second kappa shape index (κ2) is 3.80. The predicted octanol–water partition coefficient (Wildman–Crippen LogP) is 0.796. The van der Waals surface area contributed by atoms with E-state index in [9.17, 15) is 10.2 Å². The van der Waals surface area contributed by atoms with Crippen molar-refractivity contribution in [2.45, 2.75) is 56.1 Å². The summed E-state index contributed by atoms with van der Waals surface area (Å²) < 4.78 is 0. The van der Waals surface area contributed by atoms with Gasteiger partial charge in [0.25, 0.3) is 0 Å². The summed E-state index contributed by atoms with van der Waals surface area (Å²) in [6.07, 6.45) is 7.43. The number of hydrogen-bond acceptors (Lipinski definition) is 3. The first kappa shape index (κ1) is 10.4. The minimum Gasteiger partial charge on any atom is -0.394 e. The Hall–Kier alpha value is -0.120. The lowest BCUT2D eigenvalue weighted by Crippen LogP contribution is -2.57. The van der Waals surface area contributed by atoms with E-state index < -0.39 is 5.60 Å². The van der Waals surface area contributed by atoms with Crippen molar-refractivity contribution in [3.05, 3.63) is 0 Å². The van der Waals surface area contributed by atoms with Crippen LogP contribution in [0.25, 0.3) is 0 Å². The average Bonchev–Trinajstić information content (AvgIpc) is 2.52. The van der Waals surface area contributed by atoms with Crippen LogP contribution in [0.1, 0.15) is 44.9 Å². The normalized spacial score (nSPS) is 28.7. The molecule has 3 N–H and O–H groups in total. The van der Waals surface area contributed by atoms with E-state index in [0.717, 1.165) is 38.5 Å². The van der Waals surface area contributed by atoms with Crippen molar-refractivity contribution in [2.75, 3.05) is 13.2 Å². The number of nitrogens with one attached hydrogen (secondary N) is 1. The van der Waals surface area contributed by atoms with Gasteiger partial charge < -0.3 is 15.5 Å². The van der Waals surface area contributed by atoms with Crippen LogP contribution in [-0.4, -0.2) is 34.5 Å². The van der Waals surface area contributed by atoms with E-state index in [0.29, 0.717) is 6.54 Å². The van der Waals surface area contributed by atoms with E-state index in [2.05, 4.69) is 5.32 Å². The number of hydrogen-bond donors (Lipinski definition) is 3. The fourth-order valence-electron chi connectivity index (χ4n) is 2.56. The lowest BCUT2D eigenvalue weighted by Gasteiger charge is -2.43.